The molecule has 0 bridgehead atoms. The van der Waals surface area contributed by atoms with Crippen molar-refractivity contribution in [3.8, 4) is 11.5 Å². The summed E-state index contributed by atoms with van der Waals surface area (Å²) in [7, 11) is 3.33. The molecule has 8 heteroatoms. The molecule has 0 radical (unpaired) electrons. The molecule has 1 heterocycles. The van der Waals surface area contributed by atoms with Gasteiger partial charge in [-0.15, -0.1) is 24.8 Å². The second-order valence-electron chi connectivity index (χ2n) is 7.17. The van der Waals surface area contributed by atoms with E-state index in [2.05, 4.69) is 4.90 Å². The molecule has 2 aromatic carbocycles. The van der Waals surface area contributed by atoms with Gasteiger partial charge in [-0.25, -0.2) is 0 Å². The van der Waals surface area contributed by atoms with E-state index in [0.29, 0.717) is 13.1 Å². The van der Waals surface area contributed by atoms with Crippen LogP contribution in [-0.2, 0) is 11.3 Å². The van der Waals surface area contributed by atoms with Crippen molar-refractivity contribution in [1.29, 1.82) is 0 Å². The Morgan fingerprint density at radius 2 is 1.63 bits per heavy atom. The van der Waals surface area contributed by atoms with E-state index in [4.69, 9.17) is 15.2 Å². The third-order valence-corrected chi connectivity index (χ3v) is 5.27. The van der Waals surface area contributed by atoms with Crippen molar-refractivity contribution < 1.29 is 14.3 Å². The molecular formula is C22H31Cl2N3O3. The maximum atomic E-state index is 12.8. The Morgan fingerprint density at radius 1 is 1.00 bits per heavy atom. The van der Waals surface area contributed by atoms with Crippen molar-refractivity contribution in [2.45, 2.75) is 19.5 Å². The van der Waals surface area contributed by atoms with Gasteiger partial charge in [-0.2, -0.15) is 0 Å². The van der Waals surface area contributed by atoms with Gasteiger partial charge in [0.2, 0.25) is 5.91 Å². The van der Waals surface area contributed by atoms with Crippen LogP contribution in [0.1, 0.15) is 22.7 Å². The topological polar surface area (TPSA) is 68.0 Å². The van der Waals surface area contributed by atoms with Gasteiger partial charge in [-0.1, -0.05) is 29.8 Å². The summed E-state index contributed by atoms with van der Waals surface area (Å²) in [5.41, 5.74) is 9.31. The van der Waals surface area contributed by atoms with Gasteiger partial charge in [0.1, 0.15) is 17.5 Å². The number of halogens is 2. The third kappa shape index (κ3) is 6.25. The van der Waals surface area contributed by atoms with Gasteiger partial charge in [-0.05, 0) is 30.7 Å². The van der Waals surface area contributed by atoms with Crippen LogP contribution in [0.15, 0.2) is 42.5 Å². The number of ether oxygens (including phenoxy) is 2. The molecule has 1 aliphatic rings. The molecule has 166 valence electrons. The van der Waals surface area contributed by atoms with E-state index in [1.807, 2.05) is 54.3 Å². The number of aryl methyl sites for hydroxylation is 1. The van der Waals surface area contributed by atoms with Gasteiger partial charge in [0.25, 0.3) is 0 Å². The molecule has 1 amide bonds. The zero-order valence-electron chi connectivity index (χ0n) is 17.7. The molecule has 1 saturated heterocycles. The minimum atomic E-state index is -0.606. The van der Waals surface area contributed by atoms with E-state index in [9.17, 15) is 4.79 Å². The Kier molecular flexibility index (Phi) is 10.4. The number of piperazine rings is 1. The number of amides is 1. The zero-order chi connectivity index (χ0) is 20.1. The van der Waals surface area contributed by atoms with E-state index in [1.165, 1.54) is 0 Å². The van der Waals surface area contributed by atoms with Crippen molar-refractivity contribution in [3.63, 3.8) is 0 Å². The number of carbonyl (C=O) groups excluding carboxylic acids is 1. The molecule has 3 rings (SSSR count). The summed E-state index contributed by atoms with van der Waals surface area (Å²) in [4.78, 5) is 17.0. The number of carbonyl (C=O) groups is 1. The molecule has 1 aliphatic heterocycles. The van der Waals surface area contributed by atoms with Crippen molar-refractivity contribution in [1.82, 2.24) is 9.80 Å². The first kappa shape index (κ1) is 26.0. The first-order valence-electron chi connectivity index (χ1n) is 9.56. The fourth-order valence-corrected chi connectivity index (χ4v) is 3.49. The second-order valence-corrected chi connectivity index (χ2v) is 7.17. The largest absolute Gasteiger partial charge is 0.497 e. The Bertz CT molecular complexity index is 810. The van der Waals surface area contributed by atoms with Gasteiger partial charge in [-0.3, -0.25) is 9.69 Å². The van der Waals surface area contributed by atoms with Crippen LogP contribution in [0.25, 0.3) is 0 Å². The van der Waals surface area contributed by atoms with Crippen LogP contribution in [0, 0.1) is 6.92 Å². The molecule has 0 aliphatic carbocycles. The van der Waals surface area contributed by atoms with Crippen molar-refractivity contribution in [3.05, 3.63) is 59.2 Å². The quantitative estimate of drug-likeness (QED) is 0.723. The maximum Gasteiger partial charge on any atom is 0.244 e. The molecule has 0 spiro atoms. The van der Waals surface area contributed by atoms with Gasteiger partial charge in [0, 0.05) is 38.3 Å². The van der Waals surface area contributed by atoms with E-state index < -0.39 is 6.04 Å². The van der Waals surface area contributed by atoms with Crippen molar-refractivity contribution in [2.75, 3.05) is 40.4 Å². The minimum absolute atomic E-state index is 0. The van der Waals surface area contributed by atoms with Crippen molar-refractivity contribution in [2.24, 2.45) is 5.73 Å². The number of methoxy groups -OCH3 is 2. The summed E-state index contributed by atoms with van der Waals surface area (Å²) in [6, 6.07) is 13.1. The van der Waals surface area contributed by atoms with Gasteiger partial charge in [0.15, 0.2) is 0 Å². The normalized spacial score (nSPS) is 14.9. The average Bonchev–Trinajstić information content (AvgIpc) is 2.73. The first-order chi connectivity index (χ1) is 13.5. The lowest BCUT2D eigenvalue weighted by Crippen LogP contribution is -2.50. The first-order valence-corrected chi connectivity index (χ1v) is 9.56. The van der Waals surface area contributed by atoms with E-state index in [0.717, 1.165) is 47.8 Å². The number of rotatable bonds is 6. The highest BCUT2D eigenvalue weighted by atomic mass is 35.5. The highest BCUT2D eigenvalue weighted by molar-refractivity contribution is 5.85. The molecule has 0 aromatic heterocycles. The van der Waals surface area contributed by atoms with Crippen LogP contribution in [0.3, 0.4) is 0 Å². The molecule has 0 saturated carbocycles. The fraction of sp³-hybridized carbons (Fsp3) is 0.409. The summed E-state index contributed by atoms with van der Waals surface area (Å²) in [5, 5.41) is 0. The SMILES string of the molecule is COc1ccc(OC)c(CN2CCN(C(=O)C(N)c3ccc(C)cc3)CC2)c1.Cl.Cl. The van der Waals surface area contributed by atoms with Crippen LogP contribution in [-0.4, -0.2) is 56.1 Å². The minimum Gasteiger partial charge on any atom is -0.497 e. The Hall–Kier alpha value is -1.99. The summed E-state index contributed by atoms with van der Waals surface area (Å²) in [6.07, 6.45) is 0. The highest BCUT2D eigenvalue weighted by Crippen LogP contribution is 2.26. The Labute approximate surface area is 191 Å². The average molecular weight is 456 g/mol. The summed E-state index contributed by atoms with van der Waals surface area (Å²) in [6.45, 7) is 5.72. The lowest BCUT2D eigenvalue weighted by Gasteiger charge is -2.36. The predicted molar refractivity (Wildman–Crippen MR) is 124 cm³/mol. The monoisotopic (exact) mass is 455 g/mol. The van der Waals surface area contributed by atoms with Gasteiger partial charge < -0.3 is 20.1 Å². The van der Waals surface area contributed by atoms with Crippen molar-refractivity contribution >= 4 is 30.7 Å². The van der Waals surface area contributed by atoms with Crippen LogP contribution in [0.2, 0.25) is 0 Å². The fourth-order valence-electron chi connectivity index (χ4n) is 3.49. The smallest absolute Gasteiger partial charge is 0.244 e. The lowest BCUT2D eigenvalue weighted by molar-refractivity contribution is -0.134. The predicted octanol–water partition coefficient (Wildman–Crippen LogP) is 3.20. The van der Waals surface area contributed by atoms with Crippen LogP contribution >= 0.6 is 24.8 Å². The third-order valence-electron chi connectivity index (χ3n) is 5.27. The standard InChI is InChI=1S/C22H29N3O3.2ClH/c1-16-4-6-17(7-5-16)21(23)22(26)25-12-10-24(11-13-25)15-18-14-19(27-2)8-9-20(18)28-3;;/h4-9,14,21H,10-13,15,23H2,1-3H3;2*1H. The Balaban J connectivity index is 0.00000225. The number of hydrogen-bond donors (Lipinski definition) is 1. The summed E-state index contributed by atoms with van der Waals surface area (Å²) < 4.78 is 10.8. The molecule has 1 unspecified atom stereocenters. The number of hydrogen-bond acceptors (Lipinski definition) is 5. The number of nitrogens with zero attached hydrogens (tertiary/aromatic N) is 2. The molecular weight excluding hydrogens is 425 g/mol. The molecule has 30 heavy (non-hydrogen) atoms. The molecule has 2 N–H and O–H groups in total. The lowest BCUT2D eigenvalue weighted by atomic mass is 10.0. The highest BCUT2D eigenvalue weighted by Gasteiger charge is 2.26. The zero-order valence-corrected chi connectivity index (χ0v) is 19.3. The van der Waals surface area contributed by atoms with Crippen LogP contribution < -0.4 is 15.2 Å². The maximum absolute atomic E-state index is 12.8. The molecule has 1 atom stereocenters. The molecule has 6 nitrogen and oxygen atoms in total. The molecule has 2 aromatic rings. The van der Waals surface area contributed by atoms with Gasteiger partial charge in [0.05, 0.1) is 14.2 Å². The van der Waals surface area contributed by atoms with Crippen LogP contribution in [0.4, 0.5) is 0 Å². The number of nitrogens with two attached hydrogens (primary N) is 1. The van der Waals surface area contributed by atoms with Gasteiger partial charge >= 0.3 is 0 Å². The van der Waals surface area contributed by atoms with E-state index in [1.54, 1.807) is 14.2 Å². The van der Waals surface area contributed by atoms with Crippen LogP contribution in [0.5, 0.6) is 11.5 Å². The summed E-state index contributed by atoms with van der Waals surface area (Å²) >= 11 is 0. The van der Waals surface area contributed by atoms with E-state index in [-0.39, 0.29) is 30.7 Å². The van der Waals surface area contributed by atoms with E-state index >= 15 is 0 Å². The number of benzene rings is 2. The second kappa shape index (κ2) is 12.0. The summed E-state index contributed by atoms with van der Waals surface area (Å²) in [5.74, 6) is 1.65. The molecule has 1 fully saturated rings. The Morgan fingerprint density at radius 3 is 2.20 bits per heavy atom.